The van der Waals surface area contributed by atoms with Crippen molar-refractivity contribution >= 4 is 28.8 Å². The molecule has 1 aromatic carbocycles. The van der Waals surface area contributed by atoms with Crippen LogP contribution < -0.4 is 10.7 Å². The Hall–Kier alpha value is -3.01. The van der Waals surface area contributed by atoms with E-state index in [0.29, 0.717) is 54.5 Å². The van der Waals surface area contributed by atoms with Gasteiger partial charge in [-0.25, -0.2) is 9.80 Å². The Kier molecular flexibility index (Phi) is 4.42. The monoisotopic (exact) mass is 409 g/mol. The maximum atomic E-state index is 13.3. The van der Waals surface area contributed by atoms with Gasteiger partial charge in [0.25, 0.3) is 0 Å². The molecule has 0 spiro atoms. The number of ketones is 1. The first-order chi connectivity index (χ1) is 14.1. The van der Waals surface area contributed by atoms with Gasteiger partial charge in [0.1, 0.15) is 5.69 Å². The largest absolute Gasteiger partial charge is 0.379 e. The third kappa shape index (κ3) is 3.13. The number of rotatable bonds is 3. The fraction of sp³-hybridized carbons (Fsp3) is 0.250. The third-order valence-electron chi connectivity index (χ3n) is 5.08. The molecular formula is C20H19N5O3S. The van der Waals surface area contributed by atoms with Crippen LogP contribution in [0.2, 0.25) is 0 Å². The van der Waals surface area contributed by atoms with E-state index in [4.69, 9.17) is 4.74 Å². The van der Waals surface area contributed by atoms with Crippen LogP contribution in [0.25, 0.3) is 22.5 Å². The Morgan fingerprint density at radius 2 is 2.10 bits per heavy atom. The number of anilines is 1. The molecule has 1 aliphatic carbocycles. The molecule has 148 valence electrons. The summed E-state index contributed by atoms with van der Waals surface area (Å²) >= 11 is 1.62. The van der Waals surface area contributed by atoms with Crippen LogP contribution in [0, 0.1) is 6.92 Å². The number of H-pyrrole nitrogens is 1. The predicted octanol–water partition coefficient (Wildman–Crippen LogP) is 3.03. The van der Waals surface area contributed by atoms with Gasteiger partial charge in [-0.15, -0.1) is 11.3 Å². The van der Waals surface area contributed by atoms with Gasteiger partial charge in [0.15, 0.2) is 5.78 Å². The van der Waals surface area contributed by atoms with E-state index in [1.54, 1.807) is 22.4 Å². The van der Waals surface area contributed by atoms with Crippen molar-refractivity contribution in [2.24, 2.45) is 0 Å². The summed E-state index contributed by atoms with van der Waals surface area (Å²) in [5.41, 5.74) is 7.34. The first-order valence-corrected chi connectivity index (χ1v) is 10.2. The number of hydrogen-bond donors (Lipinski definition) is 3. The summed E-state index contributed by atoms with van der Waals surface area (Å²) in [6.45, 7) is 4.42. The third-order valence-corrected chi connectivity index (χ3v) is 5.94. The van der Waals surface area contributed by atoms with E-state index in [1.807, 2.05) is 30.5 Å². The number of nitrogens with zero attached hydrogens (tertiary/aromatic N) is 2. The lowest BCUT2D eigenvalue weighted by molar-refractivity contribution is 0.0207. The van der Waals surface area contributed by atoms with Crippen molar-refractivity contribution in [3.63, 3.8) is 0 Å². The Morgan fingerprint density at radius 3 is 2.86 bits per heavy atom. The van der Waals surface area contributed by atoms with Gasteiger partial charge in [0.2, 0.25) is 0 Å². The van der Waals surface area contributed by atoms with E-state index in [9.17, 15) is 9.59 Å². The van der Waals surface area contributed by atoms with E-state index in [1.165, 1.54) is 0 Å². The lowest BCUT2D eigenvalue weighted by Gasteiger charge is -2.27. The summed E-state index contributed by atoms with van der Waals surface area (Å²) in [5, 5.41) is 14.0. The summed E-state index contributed by atoms with van der Waals surface area (Å²) in [6, 6.07) is 7.07. The van der Waals surface area contributed by atoms with Gasteiger partial charge < -0.3 is 10.1 Å². The molecule has 3 heterocycles. The molecule has 0 saturated carbocycles. The molecule has 8 nitrogen and oxygen atoms in total. The summed E-state index contributed by atoms with van der Waals surface area (Å²) in [7, 11) is 0. The highest BCUT2D eigenvalue weighted by atomic mass is 32.1. The van der Waals surface area contributed by atoms with E-state index >= 15 is 0 Å². The van der Waals surface area contributed by atoms with Crippen LogP contribution >= 0.6 is 11.3 Å². The number of hydrazine groups is 1. The smallest absolute Gasteiger partial charge is 0.333 e. The fourth-order valence-electron chi connectivity index (χ4n) is 3.74. The van der Waals surface area contributed by atoms with Crippen LogP contribution in [0.4, 0.5) is 10.5 Å². The maximum Gasteiger partial charge on any atom is 0.333 e. The average Bonchev–Trinajstić information content (AvgIpc) is 3.40. The van der Waals surface area contributed by atoms with Crippen molar-refractivity contribution in [3.05, 3.63) is 45.6 Å². The molecule has 1 fully saturated rings. The highest BCUT2D eigenvalue weighted by Crippen LogP contribution is 2.43. The van der Waals surface area contributed by atoms with Crippen molar-refractivity contribution < 1.29 is 14.3 Å². The van der Waals surface area contributed by atoms with Crippen LogP contribution in [0.15, 0.2) is 29.6 Å². The lowest BCUT2D eigenvalue weighted by Crippen LogP contribution is -2.49. The molecule has 3 aromatic rings. The zero-order valence-electron chi connectivity index (χ0n) is 15.7. The average molecular weight is 409 g/mol. The molecular weight excluding hydrogens is 390 g/mol. The Labute approximate surface area is 170 Å². The number of carbonyl (C=O) groups excluding carboxylic acids is 2. The second-order valence-electron chi connectivity index (χ2n) is 6.99. The normalized spacial score (nSPS) is 15.8. The quantitative estimate of drug-likeness (QED) is 0.483. The van der Waals surface area contributed by atoms with Crippen molar-refractivity contribution in [1.82, 2.24) is 20.6 Å². The summed E-state index contributed by atoms with van der Waals surface area (Å²) in [4.78, 5) is 26.9. The number of aromatic amines is 1. The van der Waals surface area contributed by atoms with E-state index < -0.39 is 0 Å². The second-order valence-corrected chi connectivity index (χ2v) is 8.11. The van der Waals surface area contributed by atoms with Crippen molar-refractivity contribution in [2.75, 3.05) is 31.6 Å². The highest BCUT2D eigenvalue weighted by molar-refractivity contribution is 7.10. The standard InChI is InChI=1S/C20H19N5O3S/c1-11-9-12(10-29-11)17-16-18(23-22-17)13-3-2-4-14(15(13)19(16)26)21-20(27)24-25-5-7-28-8-6-25/h2-4,9-10H,5-8H2,1H3,(H,22,23)(H2,21,24,27). The number of hydrogen-bond acceptors (Lipinski definition) is 6. The van der Waals surface area contributed by atoms with Gasteiger partial charge in [-0.05, 0) is 19.1 Å². The Balaban J connectivity index is 1.44. The van der Waals surface area contributed by atoms with Crippen LogP contribution in [0.3, 0.4) is 0 Å². The number of thiophene rings is 1. The van der Waals surface area contributed by atoms with Crippen LogP contribution in [-0.2, 0) is 4.74 Å². The molecule has 2 aliphatic rings. The first-order valence-electron chi connectivity index (χ1n) is 9.34. The molecule has 0 unspecified atom stereocenters. The minimum absolute atomic E-state index is 0.134. The molecule has 1 saturated heterocycles. The maximum absolute atomic E-state index is 13.3. The van der Waals surface area contributed by atoms with Gasteiger partial charge in [-0.2, -0.15) is 5.10 Å². The molecule has 2 aromatic heterocycles. The van der Waals surface area contributed by atoms with E-state index in [-0.39, 0.29) is 11.8 Å². The zero-order valence-corrected chi connectivity index (χ0v) is 16.6. The van der Waals surface area contributed by atoms with E-state index in [2.05, 4.69) is 20.9 Å². The van der Waals surface area contributed by atoms with Crippen molar-refractivity contribution in [1.29, 1.82) is 0 Å². The second kappa shape index (κ2) is 7.11. The Bertz CT molecular complexity index is 1110. The number of nitrogens with one attached hydrogen (secondary N) is 3. The number of morpholine rings is 1. The van der Waals surface area contributed by atoms with Gasteiger partial charge in [0.05, 0.1) is 35.7 Å². The number of carbonyl (C=O) groups is 2. The highest BCUT2D eigenvalue weighted by Gasteiger charge is 2.35. The van der Waals surface area contributed by atoms with Crippen LogP contribution in [0.5, 0.6) is 0 Å². The molecule has 3 N–H and O–H groups in total. The molecule has 0 bridgehead atoms. The summed E-state index contributed by atoms with van der Waals surface area (Å²) in [6.07, 6.45) is 0. The van der Waals surface area contributed by atoms with Crippen molar-refractivity contribution in [2.45, 2.75) is 6.92 Å². The van der Waals surface area contributed by atoms with Gasteiger partial charge in [-0.1, -0.05) is 12.1 Å². The number of urea groups is 1. The predicted molar refractivity (Wildman–Crippen MR) is 110 cm³/mol. The van der Waals surface area contributed by atoms with Crippen LogP contribution in [0.1, 0.15) is 20.8 Å². The molecule has 2 amide bonds. The summed E-state index contributed by atoms with van der Waals surface area (Å²) in [5.74, 6) is -0.134. The molecule has 9 heteroatoms. The minimum Gasteiger partial charge on any atom is -0.379 e. The van der Waals surface area contributed by atoms with Gasteiger partial charge in [0, 0.05) is 34.5 Å². The van der Waals surface area contributed by atoms with Gasteiger partial charge in [-0.3, -0.25) is 15.3 Å². The summed E-state index contributed by atoms with van der Waals surface area (Å²) < 4.78 is 5.28. The number of ether oxygens (including phenoxy) is 1. The number of fused-ring (bicyclic) bond motifs is 3. The lowest BCUT2D eigenvalue weighted by atomic mass is 10.0. The van der Waals surface area contributed by atoms with Gasteiger partial charge >= 0.3 is 6.03 Å². The number of amides is 2. The fourth-order valence-corrected chi connectivity index (χ4v) is 4.43. The number of benzene rings is 1. The van der Waals surface area contributed by atoms with E-state index in [0.717, 1.165) is 16.0 Å². The first kappa shape index (κ1) is 18.0. The minimum atomic E-state index is -0.379. The van der Waals surface area contributed by atoms with Crippen molar-refractivity contribution in [3.8, 4) is 22.5 Å². The molecule has 5 rings (SSSR count). The Morgan fingerprint density at radius 1 is 1.28 bits per heavy atom. The number of aromatic nitrogens is 2. The molecule has 0 atom stereocenters. The van der Waals surface area contributed by atoms with Crippen LogP contribution in [-0.4, -0.2) is 53.3 Å². The topological polar surface area (TPSA) is 99.3 Å². The molecule has 1 aliphatic heterocycles. The molecule has 0 radical (unpaired) electrons. The molecule has 29 heavy (non-hydrogen) atoms. The SMILES string of the molecule is Cc1cc(-c2n[nH]c3c2C(=O)c2c(NC(=O)NN4CCOCC4)cccc2-3)cs1. The number of aryl methyl sites for hydroxylation is 1. The zero-order chi connectivity index (χ0) is 20.0.